The van der Waals surface area contributed by atoms with Gasteiger partial charge in [-0.15, -0.1) is 0 Å². The van der Waals surface area contributed by atoms with Gasteiger partial charge in [0, 0.05) is 30.7 Å². The summed E-state index contributed by atoms with van der Waals surface area (Å²) < 4.78 is 0. The predicted molar refractivity (Wildman–Crippen MR) is 112 cm³/mol. The largest absolute Gasteiger partial charge is 0.349 e. The highest BCUT2D eigenvalue weighted by molar-refractivity contribution is 5.97. The van der Waals surface area contributed by atoms with E-state index < -0.39 is 0 Å². The lowest BCUT2D eigenvalue weighted by atomic mass is 10.0. The summed E-state index contributed by atoms with van der Waals surface area (Å²) in [6, 6.07) is 16.7. The molecule has 1 aromatic heterocycles. The second-order valence-corrected chi connectivity index (χ2v) is 7.92. The number of nitrogens with zero attached hydrogens (tertiary/aromatic N) is 2. The van der Waals surface area contributed by atoms with Crippen LogP contribution in [0.2, 0.25) is 0 Å². The van der Waals surface area contributed by atoms with Gasteiger partial charge in [0.15, 0.2) is 0 Å². The maximum absolute atomic E-state index is 12.6. The molecule has 2 atom stereocenters. The zero-order chi connectivity index (χ0) is 19.6. The highest BCUT2D eigenvalue weighted by Crippen LogP contribution is 2.25. The summed E-state index contributed by atoms with van der Waals surface area (Å²) in [5.74, 6) is -0.00949. The lowest BCUT2D eigenvalue weighted by Gasteiger charge is -2.35. The van der Waals surface area contributed by atoms with E-state index in [1.54, 1.807) is 6.33 Å². The number of nitrogens with one attached hydrogen (secondary N) is 4. The first-order valence-electron chi connectivity index (χ1n) is 10.3. The molecular weight excluding hydrogens is 364 g/mol. The van der Waals surface area contributed by atoms with Crippen LogP contribution in [0.5, 0.6) is 0 Å². The Morgan fingerprint density at radius 2 is 1.90 bits per heavy atom. The molecule has 7 nitrogen and oxygen atoms in total. The van der Waals surface area contributed by atoms with Gasteiger partial charge in [-0.05, 0) is 43.0 Å². The van der Waals surface area contributed by atoms with Crippen molar-refractivity contribution in [1.82, 2.24) is 31.0 Å². The van der Waals surface area contributed by atoms with Gasteiger partial charge in [-0.2, -0.15) is 0 Å². The van der Waals surface area contributed by atoms with E-state index in [2.05, 4.69) is 61.4 Å². The first kappa shape index (κ1) is 18.3. The minimum atomic E-state index is -0.00949. The fraction of sp³-hybridized carbons (Fsp3) is 0.364. The number of hydrogen-bond acceptors (Lipinski definition) is 5. The van der Waals surface area contributed by atoms with Gasteiger partial charge >= 0.3 is 0 Å². The molecule has 2 aliphatic rings. The smallest absolute Gasteiger partial charge is 0.251 e. The van der Waals surface area contributed by atoms with E-state index in [9.17, 15) is 4.79 Å². The number of hydrogen-bond donors (Lipinski definition) is 4. The van der Waals surface area contributed by atoms with Crippen LogP contribution >= 0.6 is 0 Å². The van der Waals surface area contributed by atoms with Crippen LogP contribution in [0.4, 0.5) is 0 Å². The van der Waals surface area contributed by atoms with Gasteiger partial charge in [0.1, 0.15) is 0 Å². The molecule has 0 spiro atoms. The second-order valence-electron chi connectivity index (χ2n) is 7.92. The number of rotatable bonds is 4. The van der Waals surface area contributed by atoms with Crippen molar-refractivity contribution >= 4 is 16.9 Å². The molecular formula is C22H26N6O. The molecule has 1 amide bonds. The molecule has 150 valence electrons. The number of H-pyrrole nitrogens is 1. The van der Waals surface area contributed by atoms with Gasteiger partial charge in [-0.25, -0.2) is 15.8 Å². The summed E-state index contributed by atoms with van der Waals surface area (Å²) >= 11 is 0. The van der Waals surface area contributed by atoms with Gasteiger partial charge in [-0.3, -0.25) is 9.69 Å². The average Bonchev–Trinajstić information content (AvgIpc) is 3.44. The second kappa shape index (κ2) is 7.94. The zero-order valence-corrected chi connectivity index (χ0v) is 16.3. The number of benzene rings is 2. The molecule has 0 radical (unpaired) electrons. The Labute approximate surface area is 169 Å². The highest BCUT2D eigenvalue weighted by atomic mass is 16.1. The van der Waals surface area contributed by atoms with Crippen molar-refractivity contribution in [2.75, 3.05) is 13.1 Å². The van der Waals surface area contributed by atoms with Crippen LogP contribution in [0.15, 0.2) is 54.9 Å². The summed E-state index contributed by atoms with van der Waals surface area (Å²) in [6.07, 6.45) is 4.96. The van der Waals surface area contributed by atoms with Gasteiger partial charge < -0.3 is 10.3 Å². The Hall–Kier alpha value is -2.74. The van der Waals surface area contributed by atoms with Gasteiger partial charge in [-0.1, -0.05) is 30.3 Å². The molecule has 4 N–H and O–H groups in total. The van der Waals surface area contributed by atoms with E-state index in [4.69, 9.17) is 0 Å². The van der Waals surface area contributed by atoms with Crippen LogP contribution in [-0.4, -0.2) is 46.1 Å². The van der Waals surface area contributed by atoms with Crippen LogP contribution in [-0.2, 0) is 0 Å². The molecule has 2 saturated heterocycles. The van der Waals surface area contributed by atoms with Crippen molar-refractivity contribution < 1.29 is 4.79 Å². The maximum atomic E-state index is 12.6. The molecule has 2 fully saturated rings. The SMILES string of the molecule is O=C(NC1CCN(C2CC(c3ccccc3)NN2)CC1)c1ccc2nc[nH]c2c1. The number of amides is 1. The fourth-order valence-corrected chi connectivity index (χ4v) is 4.38. The van der Waals surface area contributed by atoms with Crippen molar-refractivity contribution in [2.24, 2.45) is 0 Å². The fourth-order valence-electron chi connectivity index (χ4n) is 4.38. The number of carbonyl (C=O) groups excluding carboxylic acids is 1. The summed E-state index contributed by atoms with van der Waals surface area (Å²) in [7, 11) is 0. The van der Waals surface area contributed by atoms with E-state index in [1.807, 2.05) is 18.2 Å². The standard InChI is InChI=1S/C22H26N6O/c29-22(16-6-7-18-20(12-16)24-14-23-18)25-17-8-10-28(11-9-17)21-13-19(26-27-21)15-4-2-1-3-5-15/h1-7,12,14,17,19,21,26-27H,8-11,13H2,(H,23,24)(H,25,29). The number of carbonyl (C=O) groups is 1. The van der Waals surface area contributed by atoms with Crippen LogP contribution in [0.1, 0.15) is 41.2 Å². The van der Waals surface area contributed by atoms with Crippen molar-refractivity contribution in [3.05, 3.63) is 66.0 Å². The lowest BCUT2D eigenvalue weighted by Crippen LogP contribution is -2.51. The maximum Gasteiger partial charge on any atom is 0.251 e. The predicted octanol–water partition coefficient (Wildman–Crippen LogP) is 2.32. The van der Waals surface area contributed by atoms with E-state index in [0.29, 0.717) is 17.8 Å². The Morgan fingerprint density at radius 1 is 1.07 bits per heavy atom. The summed E-state index contributed by atoms with van der Waals surface area (Å²) in [4.78, 5) is 22.4. The third kappa shape index (κ3) is 3.89. The number of likely N-dealkylation sites (tertiary alicyclic amines) is 1. The molecule has 5 rings (SSSR count). The normalized spacial score (nSPS) is 23.4. The van der Waals surface area contributed by atoms with Crippen LogP contribution in [0.25, 0.3) is 11.0 Å². The molecule has 2 aromatic carbocycles. The van der Waals surface area contributed by atoms with Crippen molar-refractivity contribution in [2.45, 2.75) is 37.5 Å². The Bertz CT molecular complexity index is 979. The third-order valence-corrected chi connectivity index (χ3v) is 6.07. The third-order valence-electron chi connectivity index (χ3n) is 6.07. The first-order chi connectivity index (χ1) is 14.3. The van der Waals surface area contributed by atoms with E-state index in [0.717, 1.165) is 43.4 Å². The summed E-state index contributed by atoms with van der Waals surface area (Å²) in [5, 5.41) is 3.20. The van der Waals surface area contributed by atoms with Gasteiger partial charge in [0.25, 0.3) is 5.91 Å². The number of hydrazine groups is 1. The molecule has 3 aromatic rings. The zero-order valence-electron chi connectivity index (χ0n) is 16.3. The number of fused-ring (bicyclic) bond motifs is 1. The summed E-state index contributed by atoms with van der Waals surface area (Å²) in [5.41, 5.74) is 10.6. The van der Waals surface area contributed by atoms with E-state index >= 15 is 0 Å². The van der Waals surface area contributed by atoms with Crippen molar-refractivity contribution in [1.29, 1.82) is 0 Å². The Balaban J connectivity index is 1.13. The van der Waals surface area contributed by atoms with Gasteiger partial charge in [0.05, 0.1) is 23.5 Å². The Kier molecular flexibility index (Phi) is 5.01. The molecule has 29 heavy (non-hydrogen) atoms. The number of aromatic amines is 1. The number of piperidine rings is 1. The Morgan fingerprint density at radius 3 is 2.72 bits per heavy atom. The van der Waals surface area contributed by atoms with Gasteiger partial charge in [0.2, 0.25) is 0 Å². The lowest BCUT2D eigenvalue weighted by molar-refractivity contribution is 0.0880. The molecule has 2 aliphatic heterocycles. The molecule has 3 heterocycles. The van der Waals surface area contributed by atoms with E-state index in [1.165, 1.54) is 5.56 Å². The first-order valence-corrected chi connectivity index (χ1v) is 10.3. The highest BCUT2D eigenvalue weighted by Gasteiger charge is 2.32. The number of imidazole rings is 1. The quantitative estimate of drug-likeness (QED) is 0.549. The molecule has 7 heteroatoms. The topological polar surface area (TPSA) is 85.1 Å². The van der Waals surface area contributed by atoms with Crippen molar-refractivity contribution in [3.8, 4) is 0 Å². The summed E-state index contributed by atoms with van der Waals surface area (Å²) in [6.45, 7) is 1.96. The van der Waals surface area contributed by atoms with Crippen LogP contribution in [0, 0.1) is 0 Å². The molecule has 0 bridgehead atoms. The molecule has 2 unspecified atom stereocenters. The average molecular weight is 390 g/mol. The van der Waals surface area contributed by atoms with Crippen LogP contribution in [0.3, 0.4) is 0 Å². The molecule has 0 saturated carbocycles. The van der Waals surface area contributed by atoms with E-state index in [-0.39, 0.29) is 11.9 Å². The molecule has 0 aliphatic carbocycles. The van der Waals surface area contributed by atoms with Crippen molar-refractivity contribution in [3.63, 3.8) is 0 Å². The minimum Gasteiger partial charge on any atom is -0.349 e. The minimum absolute atomic E-state index is 0.00949. The van der Waals surface area contributed by atoms with Crippen LogP contribution < -0.4 is 16.2 Å². The monoisotopic (exact) mass is 390 g/mol. The number of aromatic nitrogens is 2.